The first-order valence-electron chi connectivity index (χ1n) is 6.61. The molecule has 1 aliphatic rings. The zero-order valence-corrected chi connectivity index (χ0v) is 11.3. The van der Waals surface area contributed by atoms with Crippen LogP contribution in [0.2, 0.25) is 0 Å². The zero-order chi connectivity index (χ0) is 13.8. The average molecular weight is 271 g/mol. The van der Waals surface area contributed by atoms with Gasteiger partial charge in [-0.15, -0.1) is 0 Å². The summed E-state index contributed by atoms with van der Waals surface area (Å²) in [6.07, 6.45) is 1.02. The standard InChI is InChI=1S/C13H16BN4O2/c1-19-14-16-11-7-8-18(9-11)13-15-12(20-17-13)10-5-3-2-4-6-10/h2-6,11,16H,7-9H2,1H3. The van der Waals surface area contributed by atoms with Crippen molar-refractivity contribution in [1.29, 1.82) is 0 Å². The molecule has 2 aromatic rings. The van der Waals surface area contributed by atoms with Crippen molar-refractivity contribution < 1.29 is 9.18 Å². The van der Waals surface area contributed by atoms with Gasteiger partial charge >= 0.3 is 7.62 Å². The van der Waals surface area contributed by atoms with E-state index in [2.05, 4.69) is 20.3 Å². The molecule has 6 nitrogen and oxygen atoms in total. The van der Waals surface area contributed by atoms with E-state index in [-0.39, 0.29) is 0 Å². The number of hydrogen-bond acceptors (Lipinski definition) is 6. The number of aromatic nitrogens is 2. The molecule has 1 N–H and O–H groups in total. The van der Waals surface area contributed by atoms with Gasteiger partial charge in [0, 0.05) is 31.8 Å². The molecule has 103 valence electrons. The highest BCUT2D eigenvalue weighted by Crippen LogP contribution is 2.22. The molecule has 1 atom stereocenters. The molecular weight excluding hydrogens is 255 g/mol. The van der Waals surface area contributed by atoms with Gasteiger partial charge in [-0.1, -0.05) is 18.2 Å². The molecule has 0 amide bonds. The molecule has 0 bridgehead atoms. The maximum atomic E-state index is 5.32. The quantitative estimate of drug-likeness (QED) is 0.821. The Bertz CT molecular complexity index is 548. The molecule has 3 rings (SSSR count). The molecule has 0 saturated carbocycles. The number of nitrogens with one attached hydrogen (secondary N) is 1. The monoisotopic (exact) mass is 271 g/mol. The van der Waals surface area contributed by atoms with Crippen molar-refractivity contribution in [2.45, 2.75) is 12.5 Å². The van der Waals surface area contributed by atoms with Gasteiger partial charge < -0.3 is 19.3 Å². The predicted molar refractivity (Wildman–Crippen MR) is 76.3 cm³/mol. The summed E-state index contributed by atoms with van der Waals surface area (Å²) in [6.45, 7) is 1.75. The van der Waals surface area contributed by atoms with Crippen LogP contribution in [0.4, 0.5) is 5.95 Å². The molecule has 1 radical (unpaired) electrons. The summed E-state index contributed by atoms with van der Waals surface area (Å²) in [5.74, 6) is 1.20. The molecule has 0 spiro atoms. The van der Waals surface area contributed by atoms with Gasteiger partial charge in [-0.3, -0.25) is 0 Å². The predicted octanol–water partition coefficient (Wildman–Crippen LogP) is 1.09. The van der Waals surface area contributed by atoms with Crippen LogP contribution < -0.4 is 10.1 Å². The normalized spacial score (nSPS) is 18.4. The van der Waals surface area contributed by atoms with Crippen molar-refractivity contribution in [3.8, 4) is 11.5 Å². The lowest BCUT2D eigenvalue weighted by atomic mass is 10.1. The molecule has 7 heteroatoms. The van der Waals surface area contributed by atoms with Crippen molar-refractivity contribution >= 4 is 13.6 Å². The van der Waals surface area contributed by atoms with Gasteiger partial charge in [0.25, 0.3) is 11.8 Å². The molecule has 1 unspecified atom stereocenters. The molecule has 1 aromatic carbocycles. The highest BCUT2D eigenvalue weighted by molar-refractivity contribution is 6.23. The van der Waals surface area contributed by atoms with Crippen molar-refractivity contribution in [1.82, 2.24) is 15.4 Å². The Kier molecular flexibility index (Phi) is 3.99. The van der Waals surface area contributed by atoms with Crippen LogP contribution in [-0.4, -0.2) is 44.0 Å². The first kappa shape index (κ1) is 13.1. The maximum absolute atomic E-state index is 5.32. The van der Waals surface area contributed by atoms with Crippen LogP contribution in [0.1, 0.15) is 6.42 Å². The summed E-state index contributed by atoms with van der Waals surface area (Å²) in [5, 5.41) is 7.25. The number of rotatable bonds is 5. The van der Waals surface area contributed by atoms with Gasteiger partial charge in [-0.2, -0.15) is 4.98 Å². The van der Waals surface area contributed by atoms with Crippen molar-refractivity contribution in [3.05, 3.63) is 30.3 Å². The summed E-state index contributed by atoms with van der Waals surface area (Å²) in [6, 6.07) is 10.1. The smallest absolute Gasteiger partial charge is 0.395 e. The molecule has 2 heterocycles. The van der Waals surface area contributed by atoms with E-state index in [1.807, 2.05) is 30.3 Å². The third kappa shape index (κ3) is 2.83. The van der Waals surface area contributed by atoms with Crippen LogP contribution in [0, 0.1) is 0 Å². The average Bonchev–Trinajstić information content (AvgIpc) is 3.15. The molecule has 1 aliphatic heterocycles. The first-order valence-corrected chi connectivity index (χ1v) is 6.61. The van der Waals surface area contributed by atoms with E-state index in [0.717, 1.165) is 25.1 Å². The second kappa shape index (κ2) is 6.07. The lowest BCUT2D eigenvalue weighted by Crippen LogP contribution is -2.36. The summed E-state index contributed by atoms with van der Waals surface area (Å²) in [4.78, 5) is 6.56. The van der Waals surface area contributed by atoms with E-state index in [9.17, 15) is 0 Å². The van der Waals surface area contributed by atoms with Gasteiger partial charge in [0.2, 0.25) is 0 Å². The second-order valence-corrected chi connectivity index (χ2v) is 4.72. The van der Waals surface area contributed by atoms with E-state index in [1.54, 1.807) is 14.7 Å². The largest absolute Gasteiger partial charge is 0.427 e. The van der Waals surface area contributed by atoms with Crippen molar-refractivity contribution in [2.75, 3.05) is 25.1 Å². The van der Waals surface area contributed by atoms with E-state index >= 15 is 0 Å². The molecular formula is C13H16BN4O2. The summed E-state index contributed by atoms with van der Waals surface area (Å²) in [5.41, 5.74) is 0.938. The van der Waals surface area contributed by atoms with Crippen LogP contribution in [0.15, 0.2) is 34.9 Å². The Morgan fingerprint density at radius 2 is 2.25 bits per heavy atom. The van der Waals surface area contributed by atoms with Crippen LogP contribution in [0.5, 0.6) is 0 Å². The first-order chi connectivity index (χ1) is 9.86. The fourth-order valence-corrected chi connectivity index (χ4v) is 2.28. The Balaban J connectivity index is 1.66. The van der Waals surface area contributed by atoms with Gasteiger partial charge in [0.1, 0.15) is 0 Å². The van der Waals surface area contributed by atoms with Gasteiger partial charge in [0.15, 0.2) is 0 Å². The summed E-state index contributed by atoms with van der Waals surface area (Å²) < 4.78 is 10.2. The Hall–Kier alpha value is -1.86. The van der Waals surface area contributed by atoms with Crippen LogP contribution in [0.3, 0.4) is 0 Å². The van der Waals surface area contributed by atoms with E-state index < -0.39 is 0 Å². The Morgan fingerprint density at radius 3 is 3.05 bits per heavy atom. The third-order valence-electron chi connectivity index (χ3n) is 3.33. The minimum Gasteiger partial charge on any atom is -0.427 e. The maximum Gasteiger partial charge on any atom is 0.395 e. The minimum atomic E-state index is 0.355. The van der Waals surface area contributed by atoms with E-state index in [0.29, 0.717) is 17.9 Å². The Morgan fingerprint density at radius 1 is 1.40 bits per heavy atom. The zero-order valence-electron chi connectivity index (χ0n) is 11.3. The molecule has 0 aliphatic carbocycles. The van der Waals surface area contributed by atoms with E-state index in [1.165, 1.54) is 0 Å². The summed E-state index contributed by atoms with van der Waals surface area (Å²) in [7, 11) is 3.24. The van der Waals surface area contributed by atoms with Crippen LogP contribution in [0.25, 0.3) is 11.5 Å². The lowest BCUT2D eigenvalue weighted by Gasteiger charge is -2.13. The highest BCUT2D eigenvalue weighted by Gasteiger charge is 2.25. The number of hydrogen-bond donors (Lipinski definition) is 1. The number of benzene rings is 1. The van der Waals surface area contributed by atoms with E-state index in [4.69, 9.17) is 9.18 Å². The fraction of sp³-hybridized carbons (Fsp3) is 0.385. The Labute approximate surface area is 118 Å². The molecule has 20 heavy (non-hydrogen) atoms. The lowest BCUT2D eigenvalue weighted by molar-refractivity contribution is 0.422. The molecule has 1 saturated heterocycles. The van der Waals surface area contributed by atoms with Gasteiger partial charge in [-0.05, 0) is 23.7 Å². The van der Waals surface area contributed by atoms with Gasteiger partial charge in [-0.25, -0.2) is 0 Å². The molecule has 1 aromatic heterocycles. The molecule has 1 fully saturated rings. The van der Waals surface area contributed by atoms with Gasteiger partial charge in [0.05, 0.1) is 0 Å². The van der Waals surface area contributed by atoms with Crippen LogP contribution >= 0.6 is 0 Å². The SMILES string of the molecule is CO[B]NC1CCN(c2noc(-c3ccccc3)n2)C1. The third-order valence-corrected chi connectivity index (χ3v) is 3.33. The minimum absolute atomic E-state index is 0.355. The van der Waals surface area contributed by atoms with Crippen LogP contribution in [-0.2, 0) is 4.65 Å². The topological polar surface area (TPSA) is 63.4 Å². The van der Waals surface area contributed by atoms with Crippen molar-refractivity contribution in [3.63, 3.8) is 0 Å². The second-order valence-electron chi connectivity index (χ2n) is 4.72. The summed E-state index contributed by atoms with van der Waals surface area (Å²) >= 11 is 0. The number of nitrogens with zero attached hydrogens (tertiary/aromatic N) is 3. The van der Waals surface area contributed by atoms with Crippen molar-refractivity contribution in [2.24, 2.45) is 0 Å². The number of anilines is 1. The fourth-order valence-electron chi connectivity index (χ4n) is 2.28. The highest BCUT2D eigenvalue weighted by atomic mass is 16.5.